The quantitative estimate of drug-likeness (QED) is 0.884. The molecule has 0 spiro atoms. The second kappa shape index (κ2) is 5.54. The largest absolute Gasteiger partial charge is 0.337 e. The highest BCUT2D eigenvalue weighted by Gasteiger charge is 2.19. The Morgan fingerprint density at radius 1 is 1.40 bits per heavy atom. The van der Waals surface area contributed by atoms with Crippen LogP contribution in [0.15, 0.2) is 22.7 Å². The summed E-state index contributed by atoms with van der Waals surface area (Å²) in [6, 6.07) is 6.68. The van der Waals surface area contributed by atoms with Crippen molar-refractivity contribution in [3.8, 4) is 11.4 Å². The second-order valence-electron chi connectivity index (χ2n) is 5.25. The second-order valence-corrected chi connectivity index (χ2v) is 6.10. The molecule has 1 aromatic carbocycles. The fourth-order valence-electron chi connectivity index (χ4n) is 2.38. The fraction of sp³-hybridized carbons (Fsp3) is 0.429. The van der Waals surface area contributed by atoms with Gasteiger partial charge in [0.1, 0.15) is 0 Å². The van der Waals surface area contributed by atoms with Gasteiger partial charge in [-0.1, -0.05) is 28.1 Å². The highest BCUT2D eigenvalue weighted by atomic mass is 79.9. The van der Waals surface area contributed by atoms with E-state index in [0.29, 0.717) is 6.04 Å². The number of nitrogens with zero attached hydrogens (tertiary/aromatic N) is 3. The molecule has 0 bridgehead atoms. The number of benzene rings is 1. The minimum Gasteiger partial charge on any atom is -0.337 e. The van der Waals surface area contributed by atoms with Crippen molar-refractivity contribution in [1.82, 2.24) is 20.5 Å². The molecule has 2 heterocycles. The van der Waals surface area contributed by atoms with Gasteiger partial charge < -0.3 is 10.2 Å². The normalized spacial score (nSPS) is 19.4. The van der Waals surface area contributed by atoms with E-state index >= 15 is 0 Å². The number of anilines is 1. The topological polar surface area (TPSA) is 56.8 Å². The van der Waals surface area contributed by atoms with Crippen molar-refractivity contribution >= 4 is 21.9 Å². The van der Waals surface area contributed by atoms with Crippen LogP contribution in [0.1, 0.15) is 12.5 Å². The molecule has 20 heavy (non-hydrogen) atoms. The first-order valence-electron chi connectivity index (χ1n) is 6.81. The van der Waals surface area contributed by atoms with Gasteiger partial charge in [-0.05, 0) is 25.5 Å². The number of aromatic amines is 1. The van der Waals surface area contributed by atoms with E-state index in [1.165, 1.54) is 5.56 Å². The third kappa shape index (κ3) is 2.71. The lowest BCUT2D eigenvalue weighted by Crippen LogP contribution is -2.49. The molecule has 6 heteroatoms. The third-order valence-corrected chi connectivity index (χ3v) is 4.42. The molecule has 0 radical (unpaired) electrons. The minimum atomic E-state index is 0.471. The van der Waals surface area contributed by atoms with Crippen LogP contribution in [0.4, 0.5) is 5.95 Å². The average Bonchev–Trinajstić information content (AvgIpc) is 2.92. The molecule has 1 fully saturated rings. The first-order chi connectivity index (χ1) is 9.63. The zero-order valence-electron chi connectivity index (χ0n) is 11.7. The Hall–Kier alpha value is -1.40. The van der Waals surface area contributed by atoms with E-state index in [2.05, 4.69) is 73.4 Å². The van der Waals surface area contributed by atoms with Crippen LogP contribution < -0.4 is 10.2 Å². The molecule has 106 valence electrons. The van der Waals surface area contributed by atoms with E-state index in [1.54, 1.807) is 0 Å². The lowest BCUT2D eigenvalue weighted by atomic mass is 10.1. The summed E-state index contributed by atoms with van der Waals surface area (Å²) in [7, 11) is 0. The van der Waals surface area contributed by atoms with Crippen molar-refractivity contribution in [1.29, 1.82) is 0 Å². The molecule has 3 rings (SSSR count). The Kier molecular flexibility index (Phi) is 3.76. The van der Waals surface area contributed by atoms with Gasteiger partial charge in [0, 0.05) is 35.7 Å². The van der Waals surface area contributed by atoms with Gasteiger partial charge >= 0.3 is 0 Å². The SMILES string of the molecule is Cc1ccc(-c2nc(N3CCN[C@@H](C)C3)n[nH]2)cc1Br. The molecule has 1 aliphatic rings. The van der Waals surface area contributed by atoms with Gasteiger partial charge in [0.2, 0.25) is 5.95 Å². The van der Waals surface area contributed by atoms with E-state index in [9.17, 15) is 0 Å². The number of halogens is 1. The number of rotatable bonds is 2. The molecule has 0 amide bonds. The molecule has 0 saturated carbocycles. The summed E-state index contributed by atoms with van der Waals surface area (Å²) in [5.41, 5.74) is 2.26. The van der Waals surface area contributed by atoms with E-state index in [-0.39, 0.29) is 0 Å². The molecule has 1 aromatic heterocycles. The lowest BCUT2D eigenvalue weighted by Gasteiger charge is -2.30. The zero-order chi connectivity index (χ0) is 14.1. The standard InChI is InChI=1S/C14H18BrN5/c1-9-3-4-11(7-12(9)15)13-17-14(19-18-13)20-6-5-16-10(2)8-20/h3-4,7,10,16H,5-6,8H2,1-2H3,(H,17,18,19)/t10-/m0/s1. The number of aromatic nitrogens is 3. The van der Waals surface area contributed by atoms with Crippen molar-refractivity contribution in [2.24, 2.45) is 0 Å². The van der Waals surface area contributed by atoms with Crippen LogP contribution in [0.25, 0.3) is 11.4 Å². The summed E-state index contributed by atoms with van der Waals surface area (Å²) < 4.78 is 1.09. The Labute approximate surface area is 126 Å². The first-order valence-corrected chi connectivity index (χ1v) is 7.60. The molecule has 1 aliphatic heterocycles. The van der Waals surface area contributed by atoms with Crippen LogP contribution in [0.5, 0.6) is 0 Å². The number of aryl methyl sites for hydroxylation is 1. The molecule has 1 atom stereocenters. The van der Waals surface area contributed by atoms with E-state index < -0.39 is 0 Å². The molecule has 0 aliphatic carbocycles. The monoisotopic (exact) mass is 335 g/mol. The molecule has 2 N–H and O–H groups in total. The number of hydrogen-bond acceptors (Lipinski definition) is 4. The fourth-order valence-corrected chi connectivity index (χ4v) is 2.76. The zero-order valence-corrected chi connectivity index (χ0v) is 13.2. The summed E-state index contributed by atoms with van der Waals surface area (Å²) in [4.78, 5) is 6.83. The van der Waals surface area contributed by atoms with Gasteiger partial charge in [-0.15, -0.1) is 5.10 Å². The summed E-state index contributed by atoms with van der Waals surface area (Å²) in [5.74, 6) is 1.59. The van der Waals surface area contributed by atoms with Crippen molar-refractivity contribution in [3.05, 3.63) is 28.2 Å². The van der Waals surface area contributed by atoms with Gasteiger partial charge in [-0.3, -0.25) is 5.10 Å². The van der Waals surface area contributed by atoms with Crippen LogP contribution >= 0.6 is 15.9 Å². The Morgan fingerprint density at radius 2 is 2.25 bits per heavy atom. The van der Waals surface area contributed by atoms with Crippen molar-refractivity contribution in [2.45, 2.75) is 19.9 Å². The van der Waals surface area contributed by atoms with Gasteiger partial charge in [-0.25, -0.2) is 0 Å². The molecule has 2 aromatic rings. The molecule has 5 nitrogen and oxygen atoms in total. The number of nitrogens with one attached hydrogen (secondary N) is 2. The van der Waals surface area contributed by atoms with Crippen molar-refractivity contribution in [2.75, 3.05) is 24.5 Å². The van der Waals surface area contributed by atoms with Crippen LogP contribution in [0, 0.1) is 6.92 Å². The highest BCUT2D eigenvalue weighted by molar-refractivity contribution is 9.10. The van der Waals surface area contributed by atoms with Gasteiger partial charge in [-0.2, -0.15) is 4.98 Å². The maximum atomic E-state index is 4.62. The summed E-state index contributed by atoms with van der Waals surface area (Å²) >= 11 is 3.55. The smallest absolute Gasteiger partial charge is 0.245 e. The Morgan fingerprint density at radius 3 is 3.00 bits per heavy atom. The van der Waals surface area contributed by atoms with Crippen LogP contribution in [-0.4, -0.2) is 40.9 Å². The molecule has 0 unspecified atom stereocenters. The Bertz CT molecular complexity index is 609. The van der Waals surface area contributed by atoms with Crippen LogP contribution in [0.3, 0.4) is 0 Å². The van der Waals surface area contributed by atoms with Gasteiger partial charge in [0.15, 0.2) is 5.82 Å². The molecular formula is C14H18BrN5. The number of H-pyrrole nitrogens is 1. The minimum absolute atomic E-state index is 0.471. The van der Waals surface area contributed by atoms with Crippen LogP contribution in [0.2, 0.25) is 0 Å². The van der Waals surface area contributed by atoms with Gasteiger partial charge in [0.25, 0.3) is 0 Å². The summed E-state index contributed by atoms with van der Waals surface area (Å²) in [6.07, 6.45) is 0. The average molecular weight is 336 g/mol. The van der Waals surface area contributed by atoms with Crippen LogP contribution in [-0.2, 0) is 0 Å². The number of hydrogen-bond donors (Lipinski definition) is 2. The van der Waals surface area contributed by atoms with Crippen molar-refractivity contribution in [3.63, 3.8) is 0 Å². The van der Waals surface area contributed by atoms with E-state index in [4.69, 9.17) is 0 Å². The molecule has 1 saturated heterocycles. The number of piperazine rings is 1. The maximum Gasteiger partial charge on any atom is 0.245 e. The predicted octanol–water partition coefficient (Wildman–Crippen LogP) is 2.34. The molecular weight excluding hydrogens is 318 g/mol. The first kappa shape index (κ1) is 13.6. The van der Waals surface area contributed by atoms with Crippen molar-refractivity contribution < 1.29 is 0 Å². The van der Waals surface area contributed by atoms with E-state index in [0.717, 1.165) is 41.4 Å². The lowest BCUT2D eigenvalue weighted by molar-refractivity contribution is 0.480. The summed E-state index contributed by atoms with van der Waals surface area (Å²) in [6.45, 7) is 7.10. The maximum absolute atomic E-state index is 4.62. The highest BCUT2D eigenvalue weighted by Crippen LogP contribution is 2.24. The summed E-state index contributed by atoms with van der Waals surface area (Å²) in [5, 5.41) is 10.8. The Balaban J connectivity index is 1.84. The predicted molar refractivity (Wildman–Crippen MR) is 83.9 cm³/mol. The van der Waals surface area contributed by atoms with E-state index in [1.807, 2.05) is 0 Å². The van der Waals surface area contributed by atoms with Gasteiger partial charge in [0.05, 0.1) is 0 Å². The third-order valence-electron chi connectivity index (χ3n) is 3.57.